The van der Waals surface area contributed by atoms with E-state index in [1.54, 1.807) is 0 Å². The van der Waals surface area contributed by atoms with E-state index in [1.807, 2.05) is 0 Å². The molecule has 0 radical (unpaired) electrons. The van der Waals surface area contributed by atoms with E-state index in [2.05, 4.69) is 32.6 Å². The molecule has 0 aromatic rings. The van der Waals surface area contributed by atoms with Crippen molar-refractivity contribution < 1.29 is 0 Å². The van der Waals surface area contributed by atoms with E-state index < -0.39 is 0 Å². The average molecular weight is 212 g/mol. The van der Waals surface area contributed by atoms with Gasteiger partial charge in [0.05, 0.1) is 0 Å². The third kappa shape index (κ3) is 5.53. The van der Waals surface area contributed by atoms with Gasteiger partial charge in [-0.2, -0.15) is 0 Å². The normalized spacial score (nSPS) is 24.8. The molecule has 0 aromatic carbocycles. The number of nitrogens with two attached hydrogens (primary N) is 1. The Morgan fingerprint density at radius 3 is 2.60 bits per heavy atom. The molecule has 1 saturated heterocycles. The lowest BCUT2D eigenvalue weighted by Crippen LogP contribution is -2.48. The van der Waals surface area contributed by atoms with Crippen LogP contribution in [0.1, 0.15) is 47.0 Å². The molecule has 0 aliphatic carbocycles. The monoisotopic (exact) mass is 212 g/mol. The lowest BCUT2D eigenvalue weighted by atomic mass is 9.89. The molecule has 15 heavy (non-hydrogen) atoms. The summed E-state index contributed by atoms with van der Waals surface area (Å²) in [5.74, 6) is 1.74. The van der Waals surface area contributed by atoms with Crippen LogP contribution in [0.25, 0.3) is 0 Å². The van der Waals surface area contributed by atoms with Crippen LogP contribution in [0.5, 0.6) is 0 Å². The zero-order valence-electron chi connectivity index (χ0n) is 10.9. The second kappa shape index (κ2) is 5.31. The van der Waals surface area contributed by atoms with Gasteiger partial charge in [0.2, 0.25) is 0 Å². The SMILES string of the molecule is CC(C)CC1CCCN(CC(C)(C)N)C1. The topological polar surface area (TPSA) is 29.3 Å². The second-order valence-corrected chi connectivity index (χ2v) is 6.36. The van der Waals surface area contributed by atoms with Gasteiger partial charge in [0.25, 0.3) is 0 Å². The molecule has 0 amide bonds. The first kappa shape index (κ1) is 13.0. The highest BCUT2D eigenvalue weighted by Gasteiger charge is 2.24. The van der Waals surface area contributed by atoms with Crippen molar-refractivity contribution in [3.8, 4) is 0 Å². The molecule has 0 spiro atoms. The van der Waals surface area contributed by atoms with Gasteiger partial charge < -0.3 is 10.6 Å². The molecule has 1 unspecified atom stereocenters. The van der Waals surface area contributed by atoms with Gasteiger partial charge in [0.15, 0.2) is 0 Å². The molecule has 1 aliphatic rings. The summed E-state index contributed by atoms with van der Waals surface area (Å²) in [5, 5.41) is 0. The fourth-order valence-electron chi connectivity index (χ4n) is 2.73. The van der Waals surface area contributed by atoms with Crippen molar-refractivity contribution >= 4 is 0 Å². The van der Waals surface area contributed by atoms with Gasteiger partial charge in [-0.05, 0) is 51.5 Å². The average Bonchev–Trinajstić information content (AvgIpc) is 1.99. The first-order valence-electron chi connectivity index (χ1n) is 6.38. The Morgan fingerprint density at radius 2 is 2.07 bits per heavy atom. The molecule has 1 atom stereocenters. The Labute approximate surface area is 95.2 Å². The standard InChI is InChI=1S/C13H28N2/c1-11(2)8-12-6-5-7-15(9-12)10-13(3,4)14/h11-12H,5-10,14H2,1-4H3. The summed E-state index contributed by atoms with van der Waals surface area (Å²) in [6.07, 6.45) is 4.15. The van der Waals surface area contributed by atoms with E-state index in [0.717, 1.165) is 18.4 Å². The molecule has 0 saturated carbocycles. The third-order valence-corrected chi connectivity index (χ3v) is 3.04. The maximum atomic E-state index is 6.07. The van der Waals surface area contributed by atoms with Crippen molar-refractivity contribution in [1.29, 1.82) is 0 Å². The van der Waals surface area contributed by atoms with Crippen LogP contribution in [-0.4, -0.2) is 30.1 Å². The number of nitrogens with zero attached hydrogens (tertiary/aromatic N) is 1. The van der Waals surface area contributed by atoms with Gasteiger partial charge in [-0.15, -0.1) is 0 Å². The van der Waals surface area contributed by atoms with Gasteiger partial charge in [-0.3, -0.25) is 0 Å². The van der Waals surface area contributed by atoms with E-state index in [4.69, 9.17) is 5.73 Å². The molecular weight excluding hydrogens is 184 g/mol. The van der Waals surface area contributed by atoms with Crippen molar-refractivity contribution in [3.05, 3.63) is 0 Å². The number of hydrogen-bond acceptors (Lipinski definition) is 2. The van der Waals surface area contributed by atoms with Crippen molar-refractivity contribution in [2.24, 2.45) is 17.6 Å². The van der Waals surface area contributed by atoms with Crippen LogP contribution in [0, 0.1) is 11.8 Å². The summed E-state index contributed by atoms with van der Waals surface area (Å²) in [7, 11) is 0. The maximum absolute atomic E-state index is 6.07. The Bertz CT molecular complexity index is 181. The van der Waals surface area contributed by atoms with E-state index in [-0.39, 0.29) is 5.54 Å². The first-order valence-corrected chi connectivity index (χ1v) is 6.38. The molecule has 0 aromatic heterocycles. The zero-order chi connectivity index (χ0) is 11.5. The molecule has 1 rings (SSSR count). The molecule has 1 heterocycles. The Kier molecular flexibility index (Phi) is 4.60. The highest BCUT2D eigenvalue weighted by Crippen LogP contribution is 2.23. The lowest BCUT2D eigenvalue weighted by Gasteiger charge is -2.37. The largest absolute Gasteiger partial charge is 0.324 e. The highest BCUT2D eigenvalue weighted by atomic mass is 15.1. The van der Waals surface area contributed by atoms with Gasteiger partial charge in [0.1, 0.15) is 0 Å². The molecule has 2 heteroatoms. The Morgan fingerprint density at radius 1 is 1.40 bits per heavy atom. The summed E-state index contributed by atoms with van der Waals surface area (Å²) in [4.78, 5) is 2.55. The van der Waals surface area contributed by atoms with Crippen LogP contribution in [0.4, 0.5) is 0 Å². The minimum atomic E-state index is -0.0419. The van der Waals surface area contributed by atoms with E-state index in [0.29, 0.717) is 0 Å². The van der Waals surface area contributed by atoms with Crippen molar-refractivity contribution in [1.82, 2.24) is 4.90 Å². The molecule has 90 valence electrons. The van der Waals surface area contributed by atoms with Crippen LogP contribution in [0.15, 0.2) is 0 Å². The Balaban J connectivity index is 2.35. The molecule has 0 bridgehead atoms. The van der Waals surface area contributed by atoms with E-state index in [1.165, 1.54) is 32.4 Å². The van der Waals surface area contributed by atoms with Crippen molar-refractivity contribution in [2.45, 2.75) is 52.5 Å². The quantitative estimate of drug-likeness (QED) is 0.776. The lowest BCUT2D eigenvalue weighted by molar-refractivity contribution is 0.137. The van der Waals surface area contributed by atoms with E-state index >= 15 is 0 Å². The highest BCUT2D eigenvalue weighted by molar-refractivity contribution is 4.81. The third-order valence-electron chi connectivity index (χ3n) is 3.04. The minimum absolute atomic E-state index is 0.0419. The first-order chi connectivity index (χ1) is 6.87. The fraction of sp³-hybridized carbons (Fsp3) is 1.00. The molecule has 1 fully saturated rings. The molecular formula is C13H28N2. The maximum Gasteiger partial charge on any atom is 0.0226 e. The van der Waals surface area contributed by atoms with Gasteiger partial charge in [-0.25, -0.2) is 0 Å². The van der Waals surface area contributed by atoms with Gasteiger partial charge in [-0.1, -0.05) is 13.8 Å². The van der Waals surface area contributed by atoms with E-state index in [9.17, 15) is 0 Å². The van der Waals surface area contributed by atoms with Crippen LogP contribution >= 0.6 is 0 Å². The summed E-state index contributed by atoms with van der Waals surface area (Å²) >= 11 is 0. The minimum Gasteiger partial charge on any atom is -0.324 e. The fourth-order valence-corrected chi connectivity index (χ4v) is 2.73. The number of hydrogen-bond donors (Lipinski definition) is 1. The second-order valence-electron chi connectivity index (χ2n) is 6.36. The predicted octanol–water partition coefficient (Wildman–Crippen LogP) is 2.48. The van der Waals surface area contributed by atoms with Gasteiger partial charge >= 0.3 is 0 Å². The summed E-state index contributed by atoms with van der Waals surface area (Å²) < 4.78 is 0. The van der Waals surface area contributed by atoms with Crippen molar-refractivity contribution in [3.63, 3.8) is 0 Å². The zero-order valence-corrected chi connectivity index (χ0v) is 10.9. The van der Waals surface area contributed by atoms with Crippen LogP contribution in [-0.2, 0) is 0 Å². The Hall–Kier alpha value is -0.0800. The molecule has 2 nitrogen and oxygen atoms in total. The van der Waals surface area contributed by atoms with Crippen LogP contribution in [0.2, 0.25) is 0 Å². The smallest absolute Gasteiger partial charge is 0.0226 e. The van der Waals surface area contributed by atoms with Crippen LogP contribution in [0.3, 0.4) is 0 Å². The molecule has 1 aliphatic heterocycles. The summed E-state index contributed by atoms with van der Waals surface area (Å²) in [5.41, 5.74) is 6.03. The van der Waals surface area contributed by atoms with Gasteiger partial charge in [0, 0.05) is 18.6 Å². The van der Waals surface area contributed by atoms with Crippen LogP contribution < -0.4 is 5.73 Å². The number of likely N-dealkylation sites (tertiary alicyclic amines) is 1. The van der Waals surface area contributed by atoms with Crippen molar-refractivity contribution in [2.75, 3.05) is 19.6 Å². The predicted molar refractivity (Wildman–Crippen MR) is 66.9 cm³/mol. The molecule has 2 N–H and O–H groups in total. The number of piperidine rings is 1. The summed E-state index contributed by atoms with van der Waals surface area (Å²) in [6, 6.07) is 0. The summed E-state index contributed by atoms with van der Waals surface area (Å²) in [6.45, 7) is 12.4. The number of rotatable bonds is 4.